The Morgan fingerprint density at radius 1 is 0.926 bits per heavy atom. The van der Waals surface area contributed by atoms with Crippen LogP contribution in [0.25, 0.3) is 10.8 Å². The van der Waals surface area contributed by atoms with Gasteiger partial charge in [-0.1, -0.05) is 54.6 Å². The van der Waals surface area contributed by atoms with Crippen LogP contribution in [0, 0.1) is 5.82 Å². The van der Waals surface area contributed by atoms with Gasteiger partial charge in [-0.05, 0) is 28.5 Å². The Morgan fingerprint density at radius 2 is 1.67 bits per heavy atom. The number of amides is 1. The zero-order valence-corrected chi connectivity index (χ0v) is 15.3. The molecule has 1 N–H and O–H groups in total. The molecule has 3 rings (SSSR count). The zero-order valence-electron chi connectivity index (χ0n) is 14.5. The lowest BCUT2D eigenvalue weighted by Crippen LogP contribution is -2.17. The Kier molecular flexibility index (Phi) is 6.44. The number of halogens is 1. The maximum absolute atomic E-state index is 13.5. The first-order chi connectivity index (χ1) is 13.1. The third-order valence-electron chi connectivity index (χ3n) is 3.87. The van der Waals surface area contributed by atoms with E-state index in [1.807, 2.05) is 42.5 Å². The molecule has 0 aliphatic rings. The molecule has 27 heavy (non-hydrogen) atoms. The molecule has 0 unspecified atom stereocenters. The van der Waals surface area contributed by atoms with Gasteiger partial charge in [-0.25, -0.2) is 4.39 Å². The summed E-state index contributed by atoms with van der Waals surface area (Å²) < 4.78 is 18.8. The van der Waals surface area contributed by atoms with Crippen molar-refractivity contribution in [2.45, 2.75) is 6.61 Å². The van der Waals surface area contributed by atoms with Gasteiger partial charge in [-0.2, -0.15) is 0 Å². The quantitative estimate of drug-likeness (QED) is 0.615. The first kappa shape index (κ1) is 18.9. The average molecular weight is 383 g/mol. The maximum atomic E-state index is 13.5. The summed E-state index contributed by atoms with van der Waals surface area (Å²) in [5.41, 5.74) is 1.06. The third-order valence-corrected chi connectivity index (χ3v) is 4.78. The number of anilines is 1. The van der Waals surface area contributed by atoms with E-state index in [0.717, 1.165) is 28.1 Å². The molecule has 0 aliphatic carbocycles. The highest BCUT2D eigenvalue weighted by Crippen LogP contribution is 2.19. The summed E-state index contributed by atoms with van der Waals surface area (Å²) in [4.78, 5) is 23.7. The molecule has 0 fully saturated rings. The van der Waals surface area contributed by atoms with E-state index < -0.39 is 11.8 Å². The van der Waals surface area contributed by atoms with Gasteiger partial charge in [0.1, 0.15) is 12.4 Å². The molecule has 4 nitrogen and oxygen atoms in total. The van der Waals surface area contributed by atoms with Crippen molar-refractivity contribution in [3.8, 4) is 0 Å². The van der Waals surface area contributed by atoms with Crippen LogP contribution in [0.2, 0.25) is 0 Å². The van der Waals surface area contributed by atoms with Crippen LogP contribution in [-0.2, 0) is 20.9 Å². The number of hydrogen-bond acceptors (Lipinski definition) is 4. The van der Waals surface area contributed by atoms with Crippen LogP contribution in [0.5, 0.6) is 0 Å². The van der Waals surface area contributed by atoms with Gasteiger partial charge in [0.2, 0.25) is 5.91 Å². The van der Waals surface area contributed by atoms with E-state index in [1.54, 1.807) is 12.1 Å². The van der Waals surface area contributed by atoms with Crippen LogP contribution in [0.15, 0.2) is 66.7 Å². The van der Waals surface area contributed by atoms with Crippen molar-refractivity contribution >= 4 is 40.1 Å². The molecule has 0 saturated heterocycles. The van der Waals surface area contributed by atoms with Gasteiger partial charge in [0.15, 0.2) is 0 Å². The number of hydrogen-bond donors (Lipinski definition) is 1. The highest BCUT2D eigenvalue weighted by Gasteiger charge is 2.10. The van der Waals surface area contributed by atoms with Crippen molar-refractivity contribution < 1.29 is 18.7 Å². The second-order valence-electron chi connectivity index (χ2n) is 5.82. The highest BCUT2D eigenvalue weighted by atomic mass is 32.2. The predicted octanol–water partition coefficient (Wildman–Crippen LogP) is 4.39. The van der Waals surface area contributed by atoms with Crippen molar-refractivity contribution in [1.29, 1.82) is 0 Å². The molecule has 0 saturated carbocycles. The minimum Gasteiger partial charge on any atom is -0.460 e. The fourth-order valence-electron chi connectivity index (χ4n) is 2.59. The van der Waals surface area contributed by atoms with E-state index in [2.05, 4.69) is 5.32 Å². The number of nitrogens with one attached hydrogen (secondary N) is 1. The lowest BCUT2D eigenvalue weighted by molar-refractivity contribution is -0.141. The van der Waals surface area contributed by atoms with Crippen LogP contribution in [0.1, 0.15) is 5.56 Å². The summed E-state index contributed by atoms with van der Waals surface area (Å²) in [5.74, 6) is -1.17. The van der Waals surface area contributed by atoms with E-state index in [4.69, 9.17) is 4.74 Å². The smallest absolute Gasteiger partial charge is 0.316 e. The second-order valence-corrected chi connectivity index (χ2v) is 6.81. The molecule has 3 aromatic carbocycles. The number of thioether (sulfide) groups is 1. The van der Waals surface area contributed by atoms with Crippen molar-refractivity contribution in [2.24, 2.45) is 0 Å². The maximum Gasteiger partial charge on any atom is 0.316 e. The van der Waals surface area contributed by atoms with E-state index in [-0.39, 0.29) is 29.7 Å². The molecular weight excluding hydrogens is 365 g/mol. The summed E-state index contributed by atoms with van der Waals surface area (Å²) in [5, 5.41) is 4.61. The van der Waals surface area contributed by atoms with Gasteiger partial charge in [-0.15, -0.1) is 11.8 Å². The Morgan fingerprint density at radius 3 is 2.52 bits per heavy atom. The van der Waals surface area contributed by atoms with E-state index >= 15 is 0 Å². The van der Waals surface area contributed by atoms with E-state index in [1.165, 1.54) is 12.1 Å². The number of ether oxygens (including phenoxy) is 1. The minimum atomic E-state index is -0.495. The fourth-order valence-corrected chi connectivity index (χ4v) is 3.20. The Bertz CT molecular complexity index is 956. The molecule has 138 valence electrons. The molecule has 0 heterocycles. The van der Waals surface area contributed by atoms with Crippen molar-refractivity contribution in [3.05, 3.63) is 78.1 Å². The molecule has 0 radical (unpaired) electrons. The molecular formula is C21H18FNO3S. The Hall–Kier alpha value is -2.86. The van der Waals surface area contributed by atoms with Crippen LogP contribution in [0.4, 0.5) is 10.1 Å². The normalized spacial score (nSPS) is 10.6. The van der Waals surface area contributed by atoms with E-state index in [9.17, 15) is 14.0 Å². The number of esters is 1. The topological polar surface area (TPSA) is 55.4 Å². The number of rotatable bonds is 7. The fraction of sp³-hybridized carbons (Fsp3) is 0.143. The van der Waals surface area contributed by atoms with Crippen LogP contribution in [-0.4, -0.2) is 23.4 Å². The number of fused-ring (bicyclic) bond motifs is 1. The first-order valence-electron chi connectivity index (χ1n) is 8.38. The average Bonchev–Trinajstić information content (AvgIpc) is 2.68. The lowest BCUT2D eigenvalue weighted by atomic mass is 10.1. The molecule has 0 atom stereocenters. The van der Waals surface area contributed by atoms with E-state index in [0.29, 0.717) is 0 Å². The summed E-state index contributed by atoms with van der Waals surface area (Å²) >= 11 is 1.12. The van der Waals surface area contributed by atoms with Gasteiger partial charge in [0.25, 0.3) is 0 Å². The number of benzene rings is 3. The number of carbonyl (C=O) groups excluding carboxylic acids is 2. The van der Waals surface area contributed by atoms with Gasteiger partial charge in [0.05, 0.1) is 17.2 Å². The Labute approximate surface area is 160 Å². The van der Waals surface area contributed by atoms with Crippen molar-refractivity contribution in [2.75, 3.05) is 16.8 Å². The molecule has 6 heteroatoms. The Balaban J connectivity index is 1.43. The summed E-state index contributed by atoms with van der Waals surface area (Å²) in [6.07, 6.45) is 0. The summed E-state index contributed by atoms with van der Waals surface area (Å²) in [7, 11) is 0. The van der Waals surface area contributed by atoms with Crippen LogP contribution < -0.4 is 5.32 Å². The number of para-hydroxylation sites is 1. The van der Waals surface area contributed by atoms with Gasteiger partial charge >= 0.3 is 5.97 Å². The molecule has 3 aromatic rings. The standard InChI is InChI=1S/C21H18FNO3S/c22-18-10-3-4-11-19(18)23-20(24)13-27-14-21(25)26-12-16-8-5-7-15-6-1-2-9-17(15)16/h1-11H,12-14H2,(H,23,24). The van der Waals surface area contributed by atoms with Gasteiger partial charge in [0, 0.05) is 0 Å². The molecule has 1 amide bonds. The third kappa shape index (κ3) is 5.31. The van der Waals surface area contributed by atoms with Crippen molar-refractivity contribution in [1.82, 2.24) is 0 Å². The highest BCUT2D eigenvalue weighted by molar-refractivity contribution is 8.00. The monoisotopic (exact) mass is 383 g/mol. The predicted molar refractivity (Wildman–Crippen MR) is 106 cm³/mol. The van der Waals surface area contributed by atoms with Crippen molar-refractivity contribution in [3.63, 3.8) is 0 Å². The van der Waals surface area contributed by atoms with Crippen LogP contribution >= 0.6 is 11.8 Å². The summed E-state index contributed by atoms with van der Waals surface area (Å²) in [6, 6.07) is 19.7. The zero-order chi connectivity index (χ0) is 19.1. The van der Waals surface area contributed by atoms with Crippen LogP contribution in [0.3, 0.4) is 0 Å². The number of carbonyl (C=O) groups is 2. The van der Waals surface area contributed by atoms with Gasteiger partial charge < -0.3 is 10.1 Å². The second kappa shape index (κ2) is 9.19. The molecule has 0 spiro atoms. The lowest BCUT2D eigenvalue weighted by Gasteiger charge is -2.08. The molecule has 0 aliphatic heterocycles. The van der Waals surface area contributed by atoms with Gasteiger partial charge in [-0.3, -0.25) is 9.59 Å². The minimum absolute atomic E-state index is 0.0394. The largest absolute Gasteiger partial charge is 0.460 e. The SMILES string of the molecule is O=C(CSCC(=O)OCc1cccc2ccccc12)Nc1ccccc1F. The summed E-state index contributed by atoms with van der Waals surface area (Å²) in [6.45, 7) is 0.183. The molecule has 0 aromatic heterocycles. The first-order valence-corrected chi connectivity index (χ1v) is 9.53. The molecule has 0 bridgehead atoms.